The number of likely N-dealkylation sites (tertiary alicyclic amines) is 1. The van der Waals surface area contributed by atoms with Crippen molar-refractivity contribution in [2.75, 3.05) is 26.2 Å². The van der Waals surface area contributed by atoms with Crippen LogP contribution in [0.1, 0.15) is 30.0 Å². The summed E-state index contributed by atoms with van der Waals surface area (Å²) in [4.78, 5) is 5.42. The van der Waals surface area contributed by atoms with E-state index in [-0.39, 0.29) is 24.5 Å². The van der Waals surface area contributed by atoms with Crippen LogP contribution in [0.15, 0.2) is 61.3 Å². The monoisotopic (exact) mass is 480 g/mol. The summed E-state index contributed by atoms with van der Waals surface area (Å²) < 4.78 is 30.1. The van der Waals surface area contributed by atoms with Crippen LogP contribution in [0.2, 0.25) is 0 Å². The molecule has 35 heavy (non-hydrogen) atoms. The molecule has 1 fully saturated rings. The molecule has 5 rings (SSSR count). The van der Waals surface area contributed by atoms with Crippen LogP contribution in [0.3, 0.4) is 0 Å². The summed E-state index contributed by atoms with van der Waals surface area (Å²) in [5, 5.41) is 22.0. The number of aromatic amines is 1. The molecular formula is C26H30F2N6O. The lowest BCUT2D eigenvalue weighted by Crippen LogP contribution is -2.46. The number of aliphatic hydroxyl groups excluding tert-OH is 1. The molecule has 0 bridgehead atoms. The molecule has 7 nitrogen and oxygen atoms in total. The second-order valence-electron chi connectivity index (χ2n) is 9.24. The molecule has 1 saturated heterocycles. The van der Waals surface area contributed by atoms with Gasteiger partial charge in [-0.2, -0.15) is 0 Å². The zero-order chi connectivity index (χ0) is 24.2. The third-order valence-corrected chi connectivity index (χ3v) is 6.85. The van der Waals surface area contributed by atoms with Crippen LogP contribution >= 0.6 is 0 Å². The molecule has 1 aliphatic rings. The standard InChI is InChI=1S/C26H30F2N6O/c27-20-3-1-18(2-4-20)26(15-35)32-22-7-9-33(10-8-22)14-21(28)11-19-13-29-25-6-5-23(12-24(19)25)34-16-30-31-17-34/h1-6,12-13,16-17,21-22,26,29,32,35H,7-11,14-15H2/t21-,26+/m1/s1. The second-order valence-corrected chi connectivity index (χ2v) is 9.24. The van der Waals surface area contributed by atoms with Gasteiger partial charge in [0.05, 0.1) is 12.6 Å². The van der Waals surface area contributed by atoms with Crippen molar-refractivity contribution in [2.45, 2.75) is 37.5 Å². The zero-order valence-corrected chi connectivity index (χ0v) is 19.4. The topological polar surface area (TPSA) is 82.0 Å². The van der Waals surface area contributed by atoms with Gasteiger partial charge < -0.3 is 20.3 Å². The fourth-order valence-electron chi connectivity index (χ4n) is 4.93. The van der Waals surface area contributed by atoms with Gasteiger partial charge >= 0.3 is 0 Å². The largest absolute Gasteiger partial charge is 0.394 e. The Labute approximate surface area is 202 Å². The molecule has 1 aliphatic heterocycles. The minimum absolute atomic E-state index is 0.0535. The molecule has 2 aromatic heterocycles. The first kappa shape index (κ1) is 23.6. The summed E-state index contributed by atoms with van der Waals surface area (Å²) in [6.45, 7) is 1.94. The molecule has 9 heteroatoms. The number of nitrogens with one attached hydrogen (secondary N) is 2. The van der Waals surface area contributed by atoms with E-state index in [0.717, 1.165) is 53.6 Å². The molecule has 2 aromatic carbocycles. The number of fused-ring (bicyclic) bond motifs is 1. The average Bonchev–Trinajstić information content (AvgIpc) is 3.55. The number of nitrogens with zero attached hydrogens (tertiary/aromatic N) is 4. The zero-order valence-electron chi connectivity index (χ0n) is 19.4. The Morgan fingerprint density at radius 2 is 1.83 bits per heavy atom. The van der Waals surface area contributed by atoms with Crippen LogP contribution in [0.5, 0.6) is 0 Å². The van der Waals surface area contributed by atoms with Gasteiger partial charge in [-0.05, 0) is 67.4 Å². The number of hydrogen-bond acceptors (Lipinski definition) is 5. The Hall–Kier alpha value is -3.14. The van der Waals surface area contributed by atoms with E-state index in [1.54, 1.807) is 24.8 Å². The van der Waals surface area contributed by atoms with E-state index in [1.807, 2.05) is 29.0 Å². The van der Waals surface area contributed by atoms with Crippen LogP contribution in [-0.4, -0.2) is 68.2 Å². The second kappa shape index (κ2) is 10.6. The fourth-order valence-corrected chi connectivity index (χ4v) is 4.93. The Morgan fingerprint density at radius 3 is 2.54 bits per heavy atom. The highest BCUT2D eigenvalue weighted by Gasteiger charge is 2.24. The molecule has 0 amide bonds. The normalized spacial score (nSPS) is 17.1. The van der Waals surface area contributed by atoms with E-state index in [9.17, 15) is 9.50 Å². The third-order valence-electron chi connectivity index (χ3n) is 6.85. The fraction of sp³-hybridized carbons (Fsp3) is 0.385. The predicted octanol–water partition coefficient (Wildman–Crippen LogP) is 3.56. The number of hydrogen-bond donors (Lipinski definition) is 3. The van der Waals surface area contributed by atoms with Crippen molar-refractivity contribution < 1.29 is 13.9 Å². The van der Waals surface area contributed by atoms with Gasteiger partial charge in [0.15, 0.2) is 0 Å². The highest BCUT2D eigenvalue weighted by molar-refractivity contribution is 5.85. The lowest BCUT2D eigenvalue weighted by molar-refractivity contribution is 0.139. The van der Waals surface area contributed by atoms with E-state index in [2.05, 4.69) is 25.4 Å². The van der Waals surface area contributed by atoms with Crippen molar-refractivity contribution in [3.05, 3.63) is 78.3 Å². The van der Waals surface area contributed by atoms with Crippen molar-refractivity contribution in [1.29, 1.82) is 0 Å². The maximum Gasteiger partial charge on any atom is 0.123 e. The van der Waals surface area contributed by atoms with Crippen molar-refractivity contribution in [3.8, 4) is 5.69 Å². The quantitative estimate of drug-likeness (QED) is 0.341. The van der Waals surface area contributed by atoms with Crippen molar-refractivity contribution in [3.63, 3.8) is 0 Å². The minimum atomic E-state index is -0.971. The molecule has 2 atom stereocenters. The number of aliphatic hydroxyl groups is 1. The first-order chi connectivity index (χ1) is 17.1. The number of H-pyrrole nitrogens is 1. The number of alkyl halides is 1. The van der Waals surface area contributed by atoms with Gasteiger partial charge in [-0.15, -0.1) is 10.2 Å². The van der Waals surface area contributed by atoms with E-state index >= 15 is 4.39 Å². The van der Waals surface area contributed by atoms with E-state index in [1.165, 1.54) is 12.1 Å². The van der Waals surface area contributed by atoms with Crippen molar-refractivity contribution >= 4 is 10.9 Å². The van der Waals surface area contributed by atoms with Gasteiger partial charge in [-0.25, -0.2) is 8.78 Å². The first-order valence-corrected chi connectivity index (χ1v) is 12.0. The van der Waals surface area contributed by atoms with E-state index in [4.69, 9.17) is 0 Å². The van der Waals surface area contributed by atoms with E-state index in [0.29, 0.717) is 13.0 Å². The summed E-state index contributed by atoms with van der Waals surface area (Å²) in [5.41, 5.74) is 3.75. The maximum absolute atomic E-state index is 15.1. The molecule has 0 unspecified atom stereocenters. The number of rotatable bonds is 9. The summed E-state index contributed by atoms with van der Waals surface area (Å²) in [7, 11) is 0. The Balaban J connectivity index is 1.14. The molecule has 4 aromatic rings. The summed E-state index contributed by atoms with van der Waals surface area (Å²) in [5.74, 6) is -0.289. The first-order valence-electron chi connectivity index (χ1n) is 12.0. The van der Waals surface area contributed by atoms with Gasteiger partial charge in [-0.3, -0.25) is 4.57 Å². The Kier molecular flexibility index (Phi) is 7.17. The van der Waals surface area contributed by atoms with Crippen LogP contribution in [-0.2, 0) is 6.42 Å². The van der Waals surface area contributed by atoms with Gasteiger partial charge in [-0.1, -0.05) is 12.1 Å². The molecular weight excluding hydrogens is 450 g/mol. The lowest BCUT2D eigenvalue weighted by Gasteiger charge is -2.35. The molecule has 0 saturated carbocycles. The van der Waals surface area contributed by atoms with Crippen LogP contribution in [0.4, 0.5) is 8.78 Å². The van der Waals surface area contributed by atoms with Gasteiger partial charge in [0.1, 0.15) is 24.6 Å². The molecule has 3 N–H and O–H groups in total. The van der Waals surface area contributed by atoms with Gasteiger partial charge in [0, 0.05) is 41.8 Å². The number of aromatic nitrogens is 4. The van der Waals surface area contributed by atoms with Crippen LogP contribution in [0, 0.1) is 5.82 Å². The van der Waals surface area contributed by atoms with Crippen molar-refractivity contribution in [2.24, 2.45) is 0 Å². The third kappa shape index (κ3) is 5.58. The van der Waals surface area contributed by atoms with Crippen molar-refractivity contribution in [1.82, 2.24) is 30.0 Å². The molecule has 0 spiro atoms. The van der Waals surface area contributed by atoms with E-state index < -0.39 is 6.17 Å². The maximum atomic E-state index is 15.1. The Bertz CT molecular complexity index is 1220. The Morgan fingerprint density at radius 1 is 1.09 bits per heavy atom. The lowest BCUT2D eigenvalue weighted by atomic mass is 10.00. The summed E-state index contributed by atoms with van der Waals surface area (Å²) >= 11 is 0. The predicted molar refractivity (Wildman–Crippen MR) is 131 cm³/mol. The molecule has 184 valence electrons. The van der Waals surface area contributed by atoms with Gasteiger partial charge in [0.25, 0.3) is 0 Å². The van der Waals surface area contributed by atoms with Crippen LogP contribution in [0.25, 0.3) is 16.6 Å². The summed E-state index contributed by atoms with van der Waals surface area (Å²) in [6, 6.07) is 12.2. The molecule has 0 radical (unpaired) electrons. The average molecular weight is 481 g/mol. The SMILES string of the molecule is OC[C@H](NC1CCN(C[C@H](F)Cc2c[nH]c3ccc(-n4cnnc4)cc23)CC1)c1ccc(F)cc1. The molecule has 0 aliphatic carbocycles. The summed E-state index contributed by atoms with van der Waals surface area (Å²) in [6.07, 6.45) is 6.31. The number of halogens is 2. The smallest absolute Gasteiger partial charge is 0.123 e. The highest BCUT2D eigenvalue weighted by atomic mass is 19.1. The highest BCUT2D eigenvalue weighted by Crippen LogP contribution is 2.24. The van der Waals surface area contributed by atoms with Gasteiger partial charge in [0.2, 0.25) is 0 Å². The minimum Gasteiger partial charge on any atom is -0.394 e. The van der Waals surface area contributed by atoms with Crippen LogP contribution < -0.4 is 5.32 Å². The number of piperidine rings is 1. The number of benzene rings is 2. The molecule has 3 heterocycles.